The maximum atomic E-state index is 14.9. The Morgan fingerprint density at radius 3 is 2.44 bits per heavy atom. The number of hydrogen-bond acceptors (Lipinski definition) is 6. The average Bonchev–Trinajstić information content (AvgIpc) is 3.30. The van der Waals surface area contributed by atoms with Gasteiger partial charge >= 0.3 is 0 Å². The molecule has 1 aliphatic heterocycles. The Bertz CT molecular complexity index is 1210. The summed E-state index contributed by atoms with van der Waals surface area (Å²) in [7, 11) is 3.75. The molecule has 0 amide bonds. The number of benzene rings is 1. The fraction of sp³-hybridized carbons (Fsp3) is 0.440. The normalized spacial score (nSPS) is 18.3. The Hall–Kier alpha value is -2.78. The zero-order chi connectivity index (χ0) is 24.8. The van der Waals surface area contributed by atoms with E-state index in [1.807, 2.05) is 0 Å². The van der Waals surface area contributed by atoms with E-state index < -0.39 is 11.6 Å². The fourth-order valence-corrected chi connectivity index (χ4v) is 5.96. The van der Waals surface area contributed by atoms with E-state index in [0.29, 0.717) is 22.1 Å². The van der Waals surface area contributed by atoms with E-state index in [1.54, 1.807) is 13.2 Å². The van der Waals surface area contributed by atoms with Crippen LogP contribution in [-0.4, -0.2) is 46.2 Å². The molecule has 0 radical (unpaired) electrons. The van der Waals surface area contributed by atoms with Gasteiger partial charge in [-0.15, -0.1) is 0 Å². The molecular formula is C25H32F2N6S. The third-order valence-electron chi connectivity index (χ3n) is 6.21. The average molecular weight is 487 g/mol. The van der Waals surface area contributed by atoms with Crippen LogP contribution in [0.4, 0.5) is 13.9 Å². The molecule has 0 saturated carbocycles. The van der Waals surface area contributed by atoms with Gasteiger partial charge in [0.1, 0.15) is 17.5 Å². The summed E-state index contributed by atoms with van der Waals surface area (Å²) < 4.78 is 29.8. The van der Waals surface area contributed by atoms with Crippen LogP contribution in [0, 0.1) is 11.6 Å². The van der Waals surface area contributed by atoms with Gasteiger partial charge in [0.05, 0.1) is 5.56 Å². The van der Waals surface area contributed by atoms with Gasteiger partial charge in [-0.25, -0.2) is 18.7 Å². The number of H-pyrrole nitrogens is 1. The van der Waals surface area contributed by atoms with E-state index in [9.17, 15) is 8.78 Å². The topological polar surface area (TPSA) is 68.9 Å². The summed E-state index contributed by atoms with van der Waals surface area (Å²) in [5.41, 5.74) is 1.27. The highest BCUT2D eigenvalue weighted by atomic mass is 32.1. The maximum Gasteiger partial charge on any atom is 0.189 e. The largest absolute Gasteiger partial charge is 0.393 e. The predicted molar refractivity (Wildman–Crippen MR) is 137 cm³/mol. The highest BCUT2D eigenvalue weighted by Gasteiger charge is 2.39. The molecular weight excluding hydrogens is 454 g/mol. The monoisotopic (exact) mass is 486 g/mol. The van der Waals surface area contributed by atoms with Gasteiger partial charge in [-0.3, -0.25) is 0 Å². The van der Waals surface area contributed by atoms with Crippen LogP contribution in [0.2, 0.25) is 0 Å². The van der Waals surface area contributed by atoms with Crippen molar-refractivity contribution in [1.29, 1.82) is 0 Å². The van der Waals surface area contributed by atoms with Crippen LogP contribution in [0.25, 0.3) is 27.4 Å². The van der Waals surface area contributed by atoms with E-state index >= 15 is 0 Å². The second-order valence-electron chi connectivity index (χ2n) is 10.2. The molecule has 9 heteroatoms. The van der Waals surface area contributed by atoms with Gasteiger partial charge in [-0.2, -0.15) is 0 Å². The van der Waals surface area contributed by atoms with Crippen molar-refractivity contribution >= 4 is 32.5 Å². The summed E-state index contributed by atoms with van der Waals surface area (Å²) in [5, 5.41) is 7.38. The van der Waals surface area contributed by atoms with Gasteiger partial charge in [0.15, 0.2) is 15.6 Å². The van der Waals surface area contributed by atoms with Crippen molar-refractivity contribution in [1.82, 2.24) is 25.6 Å². The Morgan fingerprint density at radius 2 is 1.85 bits per heavy atom. The number of imidazole rings is 1. The highest BCUT2D eigenvalue weighted by Crippen LogP contribution is 2.37. The fourth-order valence-electron chi connectivity index (χ4n) is 5.03. The molecule has 1 aromatic carbocycles. The molecule has 3 N–H and O–H groups in total. The number of anilines is 1. The number of rotatable bonds is 6. The number of aromatic amines is 1. The standard InChI is InChI=1S/C25H32F2N6S/c1-8-14(13-28-6)16-9-19(27)17(10-18(16)26)20-29-21-22(30-20)34-23(31-21)33(7)15-11-24(2,3)32-25(4,5)12-15/h8-10,13,15,28,32H,1,11-12H2,2-7H3,(H,29,30)/b14-13+. The van der Waals surface area contributed by atoms with E-state index in [4.69, 9.17) is 4.98 Å². The van der Waals surface area contributed by atoms with E-state index in [-0.39, 0.29) is 28.0 Å². The molecule has 3 aromatic rings. The first kappa shape index (κ1) is 24.3. The second kappa shape index (κ2) is 8.78. The van der Waals surface area contributed by atoms with Gasteiger partial charge in [0.25, 0.3) is 0 Å². The number of hydrogen-bond donors (Lipinski definition) is 3. The quantitative estimate of drug-likeness (QED) is 0.404. The van der Waals surface area contributed by atoms with E-state index in [1.165, 1.54) is 23.5 Å². The Balaban J connectivity index is 1.62. The zero-order valence-electron chi connectivity index (χ0n) is 20.5. The van der Waals surface area contributed by atoms with Crippen molar-refractivity contribution in [3.8, 4) is 11.4 Å². The lowest BCUT2D eigenvalue weighted by molar-refractivity contribution is 0.161. The van der Waals surface area contributed by atoms with Gasteiger partial charge in [0.2, 0.25) is 0 Å². The first-order chi connectivity index (χ1) is 15.9. The van der Waals surface area contributed by atoms with Crippen molar-refractivity contribution in [3.05, 3.63) is 48.2 Å². The summed E-state index contributed by atoms with van der Waals surface area (Å²) in [6, 6.07) is 2.65. The molecule has 0 aliphatic carbocycles. The Labute approximate surface area is 203 Å². The highest BCUT2D eigenvalue weighted by molar-refractivity contribution is 7.21. The zero-order valence-corrected chi connectivity index (χ0v) is 21.3. The SMILES string of the molecule is C=C/C(=C\NC)c1cc(F)c(-c2nc3sc(N(C)C4CC(C)(C)NC(C)(C)C4)nc3[nH]2)cc1F. The number of nitrogens with one attached hydrogen (secondary N) is 3. The Kier molecular flexibility index (Phi) is 6.29. The number of fused-ring (bicyclic) bond motifs is 1. The number of thiazole rings is 1. The van der Waals surface area contributed by atoms with Crippen LogP contribution in [0.15, 0.2) is 31.0 Å². The molecule has 1 saturated heterocycles. The molecule has 4 rings (SSSR count). The summed E-state index contributed by atoms with van der Waals surface area (Å²) in [6.07, 6.45) is 5.03. The minimum atomic E-state index is -0.571. The molecule has 0 atom stereocenters. The molecule has 34 heavy (non-hydrogen) atoms. The number of piperidine rings is 1. The smallest absolute Gasteiger partial charge is 0.189 e. The summed E-state index contributed by atoms with van der Waals surface area (Å²) in [6.45, 7) is 12.6. The van der Waals surface area contributed by atoms with Crippen molar-refractivity contribution in [2.75, 3.05) is 19.0 Å². The molecule has 1 aliphatic rings. The Morgan fingerprint density at radius 1 is 1.18 bits per heavy atom. The van der Waals surface area contributed by atoms with Crippen molar-refractivity contribution in [2.45, 2.75) is 57.7 Å². The van der Waals surface area contributed by atoms with Crippen LogP contribution in [-0.2, 0) is 0 Å². The third kappa shape index (κ3) is 4.72. The van der Waals surface area contributed by atoms with Gasteiger partial charge < -0.3 is 20.5 Å². The summed E-state index contributed by atoms with van der Waals surface area (Å²) in [5.74, 6) is -0.868. The van der Waals surface area contributed by atoms with Crippen molar-refractivity contribution < 1.29 is 8.78 Å². The predicted octanol–water partition coefficient (Wildman–Crippen LogP) is 5.46. The lowest BCUT2D eigenvalue weighted by Gasteiger charge is -2.48. The van der Waals surface area contributed by atoms with Crippen molar-refractivity contribution in [2.24, 2.45) is 0 Å². The second-order valence-corrected chi connectivity index (χ2v) is 11.2. The summed E-state index contributed by atoms with van der Waals surface area (Å²) in [4.78, 5) is 15.2. The number of halogens is 2. The maximum absolute atomic E-state index is 14.9. The van der Waals surface area contributed by atoms with Gasteiger partial charge in [0, 0.05) is 43.0 Å². The van der Waals surface area contributed by atoms with Gasteiger partial charge in [-0.1, -0.05) is 24.0 Å². The van der Waals surface area contributed by atoms with Gasteiger partial charge in [-0.05, 0) is 58.2 Å². The molecule has 0 bridgehead atoms. The first-order valence-corrected chi connectivity index (χ1v) is 12.1. The number of nitrogens with zero attached hydrogens (tertiary/aromatic N) is 3. The van der Waals surface area contributed by atoms with Crippen LogP contribution in [0.3, 0.4) is 0 Å². The minimum Gasteiger partial charge on any atom is -0.393 e. The molecule has 2 aromatic heterocycles. The van der Waals surface area contributed by atoms with Crippen LogP contribution in [0.5, 0.6) is 0 Å². The van der Waals surface area contributed by atoms with Crippen molar-refractivity contribution in [3.63, 3.8) is 0 Å². The van der Waals surface area contributed by atoms with Crippen LogP contribution in [0.1, 0.15) is 46.1 Å². The summed E-state index contributed by atoms with van der Waals surface area (Å²) >= 11 is 1.45. The third-order valence-corrected chi connectivity index (χ3v) is 7.25. The molecule has 3 heterocycles. The van der Waals surface area contributed by atoms with E-state index in [0.717, 1.165) is 24.0 Å². The molecule has 1 fully saturated rings. The van der Waals surface area contributed by atoms with Crippen LogP contribution >= 0.6 is 11.3 Å². The van der Waals surface area contributed by atoms with E-state index in [2.05, 4.69) is 66.8 Å². The number of aromatic nitrogens is 3. The molecule has 0 unspecified atom stereocenters. The molecule has 6 nitrogen and oxygen atoms in total. The lowest BCUT2D eigenvalue weighted by atomic mass is 9.79. The first-order valence-electron chi connectivity index (χ1n) is 11.3. The van der Waals surface area contributed by atoms with Crippen LogP contribution < -0.4 is 15.5 Å². The minimum absolute atomic E-state index is 0.0197. The number of allylic oxidation sites excluding steroid dienone is 2. The lowest BCUT2D eigenvalue weighted by Crippen LogP contribution is -2.61. The molecule has 182 valence electrons. The molecule has 0 spiro atoms.